The van der Waals surface area contributed by atoms with Crippen molar-refractivity contribution >= 4 is 23.5 Å². The van der Waals surface area contributed by atoms with Crippen LogP contribution in [0, 0.1) is 6.92 Å². The zero-order valence-corrected chi connectivity index (χ0v) is 12.7. The predicted molar refractivity (Wildman–Crippen MR) is 73.0 cm³/mol. The zero-order chi connectivity index (χ0) is 17.6. The lowest BCUT2D eigenvalue weighted by atomic mass is 10.2. The molecule has 23 heavy (non-hydrogen) atoms. The standard InChI is InChI=1S/C14H13ClF4O4/c1-8-6-9(2-3-10(8)15)23-12(21)5-4-11(20)22-7-14(18,19)13(16)17/h2-3,6,13H,4-5,7H2,1H3. The fourth-order valence-electron chi connectivity index (χ4n) is 1.38. The minimum atomic E-state index is -4.42. The van der Waals surface area contributed by atoms with Crippen LogP contribution in [-0.4, -0.2) is 30.9 Å². The molecule has 0 aliphatic carbocycles. The lowest BCUT2D eigenvalue weighted by molar-refractivity contribution is -0.180. The molecule has 1 aromatic carbocycles. The van der Waals surface area contributed by atoms with E-state index in [1.807, 2.05) is 0 Å². The third kappa shape index (κ3) is 6.43. The maximum Gasteiger partial charge on any atom is 0.340 e. The molecule has 128 valence electrons. The third-order valence-electron chi connectivity index (χ3n) is 2.64. The number of hydrogen-bond acceptors (Lipinski definition) is 4. The SMILES string of the molecule is Cc1cc(OC(=O)CCC(=O)OCC(F)(F)C(F)F)ccc1Cl. The third-order valence-corrected chi connectivity index (χ3v) is 3.06. The molecule has 0 spiro atoms. The first-order valence-corrected chi connectivity index (χ1v) is 6.78. The van der Waals surface area contributed by atoms with Crippen molar-refractivity contribution in [3.63, 3.8) is 0 Å². The molecule has 9 heteroatoms. The minimum Gasteiger partial charge on any atom is -0.459 e. The summed E-state index contributed by atoms with van der Waals surface area (Å²) in [5.41, 5.74) is 0.672. The highest BCUT2D eigenvalue weighted by atomic mass is 35.5. The van der Waals surface area contributed by atoms with Crippen LogP contribution in [0.5, 0.6) is 5.75 Å². The molecule has 0 unspecified atom stereocenters. The van der Waals surface area contributed by atoms with Gasteiger partial charge in [-0.3, -0.25) is 9.59 Å². The van der Waals surface area contributed by atoms with Crippen molar-refractivity contribution in [3.05, 3.63) is 28.8 Å². The molecular weight excluding hydrogens is 344 g/mol. The Hall–Kier alpha value is -1.83. The summed E-state index contributed by atoms with van der Waals surface area (Å²) in [5.74, 6) is -6.22. The van der Waals surface area contributed by atoms with E-state index < -0.39 is 43.7 Å². The number of ether oxygens (including phenoxy) is 2. The van der Waals surface area contributed by atoms with Gasteiger partial charge in [-0.1, -0.05) is 11.6 Å². The Morgan fingerprint density at radius 3 is 2.39 bits per heavy atom. The maximum absolute atomic E-state index is 12.5. The smallest absolute Gasteiger partial charge is 0.340 e. The second-order valence-electron chi connectivity index (χ2n) is 4.61. The van der Waals surface area contributed by atoms with E-state index in [0.29, 0.717) is 10.6 Å². The molecule has 0 heterocycles. The van der Waals surface area contributed by atoms with E-state index in [4.69, 9.17) is 16.3 Å². The summed E-state index contributed by atoms with van der Waals surface area (Å²) < 4.78 is 57.7. The second kappa shape index (κ2) is 8.14. The number of aryl methyl sites for hydroxylation is 1. The van der Waals surface area contributed by atoms with E-state index in [1.165, 1.54) is 18.2 Å². The molecule has 0 aliphatic rings. The van der Waals surface area contributed by atoms with Crippen LogP contribution in [0.2, 0.25) is 5.02 Å². The number of esters is 2. The molecular formula is C14H13ClF4O4. The highest BCUT2D eigenvalue weighted by Gasteiger charge is 2.42. The van der Waals surface area contributed by atoms with E-state index >= 15 is 0 Å². The van der Waals surface area contributed by atoms with E-state index in [1.54, 1.807) is 6.92 Å². The number of benzene rings is 1. The van der Waals surface area contributed by atoms with Gasteiger partial charge in [0.2, 0.25) is 0 Å². The number of alkyl halides is 4. The van der Waals surface area contributed by atoms with Crippen LogP contribution in [0.25, 0.3) is 0 Å². The topological polar surface area (TPSA) is 52.6 Å². The molecule has 1 aromatic rings. The van der Waals surface area contributed by atoms with Gasteiger partial charge >= 0.3 is 24.3 Å². The maximum atomic E-state index is 12.5. The summed E-state index contributed by atoms with van der Waals surface area (Å²) in [6, 6.07) is 4.46. The van der Waals surface area contributed by atoms with E-state index in [-0.39, 0.29) is 5.75 Å². The van der Waals surface area contributed by atoms with Gasteiger partial charge in [0, 0.05) is 5.02 Å². The van der Waals surface area contributed by atoms with E-state index in [2.05, 4.69) is 4.74 Å². The van der Waals surface area contributed by atoms with Crippen molar-refractivity contribution in [2.24, 2.45) is 0 Å². The van der Waals surface area contributed by atoms with Crippen molar-refractivity contribution in [1.82, 2.24) is 0 Å². The number of carbonyl (C=O) groups excluding carboxylic acids is 2. The lowest BCUT2D eigenvalue weighted by Gasteiger charge is -2.14. The van der Waals surface area contributed by atoms with Crippen molar-refractivity contribution in [3.8, 4) is 5.75 Å². The molecule has 0 saturated carbocycles. The van der Waals surface area contributed by atoms with Gasteiger partial charge in [-0.2, -0.15) is 8.78 Å². The average molecular weight is 357 g/mol. The van der Waals surface area contributed by atoms with Crippen molar-refractivity contribution in [2.45, 2.75) is 32.1 Å². The predicted octanol–water partition coefficient (Wildman–Crippen LogP) is 3.78. The molecule has 0 amide bonds. The first-order chi connectivity index (χ1) is 10.6. The molecule has 0 fully saturated rings. The van der Waals surface area contributed by atoms with Crippen molar-refractivity contribution < 1.29 is 36.6 Å². The van der Waals surface area contributed by atoms with Crippen LogP contribution in [-0.2, 0) is 14.3 Å². The van der Waals surface area contributed by atoms with Gasteiger partial charge in [-0.15, -0.1) is 0 Å². The van der Waals surface area contributed by atoms with Gasteiger partial charge < -0.3 is 9.47 Å². The molecule has 0 atom stereocenters. The average Bonchev–Trinajstić information content (AvgIpc) is 2.46. The summed E-state index contributed by atoms with van der Waals surface area (Å²) >= 11 is 5.80. The number of halogens is 5. The van der Waals surface area contributed by atoms with Crippen LogP contribution in [0.1, 0.15) is 18.4 Å². The van der Waals surface area contributed by atoms with Gasteiger partial charge in [0.15, 0.2) is 6.61 Å². The Bertz CT molecular complexity index is 578. The number of carbonyl (C=O) groups is 2. The molecule has 0 bridgehead atoms. The number of hydrogen-bond donors (Lipinski definition) is 0. The first kappa shape index (κ1) is 19.2. The molecule has 0 aromatic heterocycles. The Balaban J connectivity index is 2.38. The van der Waals surface area contributed by atoms with E-state index in [0.717, 1.165) is 0 Å². The monoisotopic (exact) mass is 356 g/mol. The number of rotatable bonds is 7. The molecule has 4 nitrogen and oxygen atoms in total. The summed E-state index contributed by atoms with van der Waals surface area (Å²) in [4.78, 5) is 22.6. The van der Waals surface area contributed by atoms with Crippen molar-refractivity contribution in [2.75, 3.05) is 6.61 Å². The van der Waals surface area contributed by atoms with Gasteiger partial charge in [-0.25, -0.2) is 8.78 Å². The first-order valence-electron chi connectivity index (χ1n) is 6.40. The second-order valence-corrected chi connectivity index (χ2v) is 5.01. The van der Waals surface area contributed by atoms with Gasteiger partial charge in [0.1, 0.15) is 5.75 Å². The lowest BCUT2D eigenvalue weighted by Crippen LogP contribution is -2.33. The molecule has 0 aliphatic heterocycles. The molecule has 1 rings (SSSR count). The van der Waals surface area contributed by atoms with Crippen LogP contribution in [0.15, 0.2) is 18.2 Å². The van der Waals surface area contributed by atoms with E-state index in [9.17, 15) is 27.2 Å². The Morgan fingerprint density at radius 1 is 1.22 bits per heavy atom. The molecule has 0 radical (unpaired) electrons. The summed E-state index contributed by atoms with van der Waals surface area (Å²) in [6.45, 7) is -0.0465. The minimum absolute atomic E-state index is 0.203. The van der Waals surface area contributed by atoms with Crippen LogP contribution < -0.4 is 4.74 Å². The largest absolute Gasteiger partial charge is 0.459 e. The Morgan fingerprint density at radius 2 is 1.83 bits per heavy atom. The Labute approximate surface area is 134 Å². The highest BCUT2D eigenvalue weighted by molar-refractivity contribution is 6.31. The van der Waals surface area contributed by atoms with Gasteiger partial charge in [0.25, 0.3) is 0 Å². The quantitative estimate of drug-likeness (QED) is 0.424. The molecule has 0 saturated heterocycles. The summed E-state index contributed by atoms with van der Waals surface area (Å²) in [6.07, 6.45) is -4.95. The van der Waals surface area contributed by atoms with Crippen LogP contribution in [0.4, 0.5) is 17.6 Å². The summed E-state index contributed by atoms with van der Waals surface area (Å²) in [7, 11) is 0. The Kier molecular flexibility index (Phi) is 6.80. The summed E-state index contributed by atoms with van der Waals surface area (Å²) in [5, 5.41) is 0.480. The fourth-order valence-corrected chi connectivity index (χ4v) is 1.50. The fraction of sp³-hybridized carbons (Fsp3) is 0.429. The molecule has 0 N–H and O–H groups in total. The normalized spacial score (nSPS) is 11.4. The van der Waals surface area contributed by atoms with Gasteiger partial charge in [-0.05, 0) is 30.7 Å². The zero-order valence-electron chi connectivity index (χ0n) is 12.0. The van der Waals surface area contributed by atoms with Gasteiger partial charge in [0.05, 0.1) is 12.8 Å². The highest BCUT2D eigenvalue weighted by Crippen LogP contribution is 2.23. The van der Waals surface area contributed by atoms with Crippen LogP contribution >= 0.6 is 11.6 Å². The van der Waals surface area contributed by atoms with Crippen LogP contribution in [0.3, 0.4) is 0 Å². The van der Waals surface area contributed by atoms with Crippen molar-refractivity contribution in [1.29, 1.82) is 0 Å².